The Kier molecular flexibility index (Phi) is 12.1. The van der Waals surface area contributed by atoms with Gasteiger partial charge >= 0.3 is 5.97 Å². The Morgan fingerprint density at radius 1 is 1.16 bits per heavy atom. The Hall–Kier alpha value is -1.69. The van der Waals surface area contributed by atoms with Crippen molar-refractivity contribution in [3.05, 3.63) is 35.4 Å². The average molecular weight is 496 g/mol. The molecule has 31 heavy (non-hydrogen) atoms. The molecule has 0 radical (unpaired) electrons. The number of aliphatic imine (C=N–C) groups is 1. The van der Waals surface area contributed by atoms with E-state index in [0.29, 0.717) is 28.8 Å². The van der Waals surface area contributed by atoms with Crippen molar-refractivity contribution in [2.75, 3.05) is 13.8 Å². The Balaban J connectivity index is 0.000000317. The zero-order valence-electron chi connectivity index (χ0n) is 20.0. The molecule has 1 amide bonds. The van der Waals surface area contributed by atoms with E-state index in [2.05, 4.69) is 46.4 Å². The monoisotopic (exact) mass is 494 g/mol. The van der Waals surface area contributed by atoms with Crippen LogP contribution in [0.5, 0.6) is 0 Å². The molecule has 1 saturated carbocycles. The van der Waals surface area contributed by atoms with Crippen LogP contribution in [0.4, 0.5) is 0 Å². The van der Waals surface area contributed by atoms with Gasteiger partial charge in [0.1, 0.15) is 6.67 Å². The molecule has 174 valence electrons. The van der Waals surface area contributed by atoms with Crippen molar-refractivity contribution >= 4 is 32.4 Å². The van der Waals surface area contributed by atoms with Gasteiger partial charge < -0.3 is 9.64 Å². The minimum absolute atomic E-state index is 0.118. The molecule has 6 heteroatoms. The van der Waals surface area contributed by atoms with E-state index in [1.165, 1.54) is 45.6 Å². The molecule has 1 aromatic rings. The van der Waals surface area contributed by atoms with Crippen LogP contribution in [0.25, 0.3) is 0 Å². The first kappa shape index (κ1) is 27.3. The van der Waals surface area contributed by atoms with Gasteiger partial charge in [-0.1, -0.05) is 72.4 Å². The van der Waals surface area contributed by atoms with Gasteiger partial charge in [-0.2, -0.15) is 0 Å². The summed E-state index contributed by atoms with van der Waals surface area (Å²) in [6.45, 7) is 12.0. The molecule has 1 heterocycles. The van der Waals surface area contributed by atoms with Crippen molar-refractivity contribution in [3.8, 4) is 0 Å². The van der Waals surface area contributed by atoms with Crippen LogP contribution in [0.1, 0.15) is 89.1 Å². The third-order valence-corrected chi connectivity index (χ3v) is 6.80. The van der Waals surface area contributed by atoms with Gasteiger partial charge in [-0.05, 0) is 57.8 Å². The lowest BCUT2D eigenvalue weighted by molar-refractivity contribution is -0.123. The fraction of sp³-hybridized carbons (Fsp3) is 0.640. The molecule has 0 atom stereocenters. The van der Waals surface area contributed by atoms with Crippen LogP contribution in [0.3, 0.4) is 0 Å². The fourth-order valence-corrected chi connectivity index (χ4v) is 4.15. The molecule has 0 spiro atoms. The number of hydrogen-bond acceptors (Lipinski definition) is 4. The van der Waals surface area contributed by atoms with Crippen molar-refractivity contribution in [1.29, 1.82) is 0 Å². The highest BCUT2D eigenvalue weighted by atomic mass is 79.9. The highest BCUT2D eigenvalue weighted by Gasteiger charge is 2.28. The number of ether oxygens (including phenoxy) is 1. The number of amides is 1. The first-order chi connectivity index (χ1) is 14.8. The largest absolute Gasteiger partial charge is 0.465 e. The van der Waals surface area contributed by atoms with Crippen LogP contribution >= 0.6 is 15.9 Å². The van der Waals surface area contributed by atoms with E-state index in [-0.39, 0.29) is 11.9 Å². The molecule has 1 aromatic carbocycles. The topological polar surface area (TPSA) is 59.0 Å². The highest BCUT2D eigenvalue weighted by molar-refractivity contribution is 9.19. The van der Waals surface area contributed by atoms with Gasteiger partial charge in [-0.3, -0.25) is 9.79 Å². The lowest BCUT2D eigenvalue weighted by Crippen LogP contribution is -2.27. The third kappa shape index (κ3) is 8.40. The maximum atomic E-state index is 11.6. The second-order valence-corrected chi connectivity index (χ2v) is 9.21. The quantitative estimate of drug-likeness (QED) is 0.433. The average Bonchev–Trinajstić information content (AvgIpc) is 3.13. The van der Waals surface area contributed by atoms with Crippen molar-refractivity contribution in [2.24, 2.45) is 16.3 Å². The van der Waals surface area contributed by atoms with Crippen LogP contribution in [0.2, 0.25) is 0 Å². The Morgan fingerprint density at radius 2 is 1.74 bits per heavy atom. The first-order valence-corrected chi connectivity index (χ1v) is 12.2. The zero-order valence-corrected chi connectivity index (χ0v) is 21.6. The first-order valence-electron chi connectivity index (χ1n) is 11.4. The van der Waals surface area contributed by atoms with Gasteiger partial charge in [-0.25, -0.2) is 4.79 Å². The molecule has 5 nitrogen and oxygen atoms in total. The van der Waals surface area contributed by atoms with Gasteiger partial charge in [0.2, 0.25) is 0 Å². The van der Waals surface area contributed by atoms with Gasteiger partial charge in [0, 0.05) is 6.54 Å². The van der Waals surface area contributed by atoms with E-state index in [1.807, 2.05) is 13.8 Å². The van der Waals surface area contributed by atoms with Crippen molar-refractivity contribution in [2.45, 2.75) is 79.7 Å². The summed E-state index contributed by atoms with van der Waals surface area (Å²) in [5, 5.41) is 0. The SMILES string of the molecule is CC.CCC(C)(C)C1CCCCC1.COC(=O)c1ccc(CN2CN=C(Br)C2=O)cc1. The van der Waals surface area contributed by atoms with Crippen molar-refractivity contribution in [3.63, 3.8) is 0 Å². The summed E-state index contributed by atoms with van der Waals surface area (Å²) in [5.74, 6) is 0.526. The van der Waals surface area contributed by atoms with E-state index in [9.17, 15) is 9.59 Å². The van der Waals surface area contributed by atoms with E-state index < -0.39 is 0 Å². The van der Waals surface area contributed by atoms with Gasteiger partial charge in [0.15, 0.2) is 4.62 Å². The number of hydrogen-bond donors (Lipinski definition) is 0. The van der Waals surface area contributed by atoms with Gasteiger partial charge in [-0.15, -0.1) is 0 Å². The maximum Gasteiger partial charge on any atom is 0.337 e. The highest BCUT2D eigenvalue weighted by Crippen LogP contribution is 2.40. The number of carbonyl (C=O) groups is 2. The molecule has 0 saturated heterocycles. The smallest absolute Gasteiger partial charge is 0.337 e. The van der Waals surface area contributed by atoms with Gasteiger partial charge in [0.25, 0.3) is 5.91 Å². The van der Waals surface area contributed by atoms with E-state index in [4.69, 9.17) is 0 Å². The van der Waals surface area contributed by atoms with Crippen molar-refractivity contribution < 1.29 is 14.3 Å². The number of benzene rings is 1. The van der Waals surface area contributed by atoms with Crippen LogP contribution in [-0.4, -0.2) is 35.2 Å². The predicted molar refractivity (Wildman–Crippen MR) is 132 cm³/mol. The molecule has 0 N–H and O–H groups in total. The maximum absolute atomic E-state index is 11.6. The lowest BCUT2D eigenvalue weighted by atomic mass is 9.70. The summed E-state index contributed by atoms with van der Waals surface area (Å²) in [7, 11) is 1.34. The molecule has 1 fully saturated rings. The molecule has 0 bridgehead atoms. The minimum atomic E-state index is -0.370. The summed E-state index contributed by atoms with van der Waals surface area (Å²) in [4.78, 5) is 28.5. The van der Waals surface area contributed by atoms with Crippen molar-refractivity contribution in [1.82, 2.24) is 4.90 Å². The molecule has 0 unspecified atom stereocenters. The fourth-order valence-electron chi connectivity index (χ4n) is 3.79. The third-order valence-electron chi connectivity index (χ3n) is 6.21. The number of esters is 1. The number of rotatable bonds is 5. The minimum Gasteiger partial charge on any atom is -0.465 e. The van der Waals surface area contributed by atoms with E-state index in [1.54, 1.807) is 29.2 Å². The molecular formula is C25H39BrN2O3. The molecule has 1 aliphatic carbocycles. The molecule has 0 aromatic heterocycles. The lowest BCUT2D eigenvalue weighted by Gasteiger charge is -2.36. The Bertz CT molecular complexity index is 723. The number of halogens is 1. The Morgan fingerprint density at radius 3 is 2.19 bits per heavy atom. The predicted octanol–water partition coefficient (Wildman–Crippen LogP) is 6.60. The standard InChI is InChI=1S/C12H11BrN2O3.C11H22.C2H6/c1-18-12(17)9-4-2-8(3-5-9)6-15-7-14-10(13)11(15)16;1-4-11(2,3)10-8-6-5-7-9-10;1-2/h2-5H,6-7H2,1H3;10H,4-9H2,1-3H3;1-2H3. The summed E-state index contributed by atoms with van der Waals surface area (Å²) in [5.41, 5.74) is 2.04. The molecular weight excluding hydrogens is 456 g/mol. The number of carbonyl (C=O) groups excluding carboxylic acids is 2. The van der Waals surface area contributed by atoms with Crippen LogP contribution in [0, 0.1) is 11.3 Å². The molecule has 2 aliphatic rings. The normalized spacial score (nSPS) is 16.5. The second-order valence-electron chi connectivity index (χ2n) is 8.46. The summed E-state index contributed by atoms with van der Waals surface area (Å²) in [6, 6.07) is 6.95. The van der Waals surface area contributed by atoms with Crippen LogP contribution in [0.15, 0.2) is 29.3 Å². The summed E-state index contributed by atoms with van der Waals surface area (Å²) < 4.78 is 4.97. The van der Waals surface area contributed by atoms with Crippen LogP contribution < -0.4 is 0 Å². The molecule has 3 rings (SSSR count). The number of methoxy groups -OCH3 is 1. The second kappa shape index (κ2) is 13.7. The summed E-state index contributed by atoms with van der Waals surface area (Å²) in [6.07, 6.45) is 8.76. The van der Waals surface area contributed by atoms with Gasteiger partial charge in [0.05, 0.1) is 12.7 Å². The zero-order chi connectivity index (χ0) is 23.4. The Labute approximate surface area is 196 Å². The van der Waals surface area contributed by atoms with E-state index in [0.717, 1.165) is 11.5 Å². The van der Waals surface area contributed by atoms with E-state index >= 15 is 0 Å². The number of nitrogens with zero attached hydrogens (tertiary/aromatic N) is 2. The summed E-state index contributed by atoms with van der Waals surface area (Å²) >= 11 is 3.10. The molecule has 1 aliphatic heterocycles. The van der Waals surface area contributed by atoms with Crippen LogP contribution in [-0.2, 0) is 16.1 Å².